The highest BCUT2D eigenvalue weighted by Crippen LogP contribution is 2.50. The molecule has 0 atom stereocenters. The molecule has 4 heteroatoms. The summed E-state index contributed by atoms with van der Waals surface area (Å²) in [7, 11) is -0.463. The van der Waals surface area contributed by atoms with Gasteiger partial charge in [0.05, 0.1) is 11.2 Å². The molecule has 2 heterocycles. The van der Waals surface area contributed by atoms with Crippen LogP contribution in [0, 0.1) is 0 Å². The maximum absolute atomic E-state index is 6.63. The van der Waals surface area contributed by atoms with Gasteiger partial charge in [0.25, 0.3) is 0 Å². The van der Waals surface area contributed by atoms with Crippen molar-refractivity contribution in [3.63, 3.8) is 0 Å². The Balaban J connectivity index is 1.46. The van der Waals surface area contributed by atoms with Gasteiger partial charge in [-0.15, -0.1) is 0 Å². The van der Waals surface area contributed by atoms with Gasteiger partial charge in [-0.2, -0.15) is 0 Å². The van der Waals surface area contributed by atoms with Crippen LogP contribution in [0.4, 0.5) is 0 Å². The second kappa shape index (κ2) is 8.20. The Kier molecular flexibility index (Phi) is 4.87. The van der Waals surface area contributed by atoms with E-state index in [-0.39, 0.29) is 0 Å². The van der Waals surface area contributed by atoms with Crippen LogP contribution < -0.4 is 10.2 Å². The number of benzene rings is 6. The third-order valence-electron chi connectivity index (χ3n) is 9.13. The summed E-state index contributed by atoms with van der Waals surface area (Å²) in [5.74, 6) is 1.80. The molecule has 194 valence electrons. The summed E-state index contributed by atoms with van der Waals surface area (Å²) >= 11 is 0. The Morgan fingerprint density at radius 1 is 0.475 bits per heavy atom. The van der Waals surface area contributed by atoms with E-state index in [2.05, 4.69) is 119 Å². The third-order valence-corrected chi connectivity index (χ3v) is 9.13. The Labute approximate surface area is 234 Å². The Morgan fingerprint density at radius 3 is 1.70 bits per heavy atom. The van der Waals surface area contributed by atoms with Crippen molar-refractivity contribution in [2.75, 3.05) is 0 Å². The number of rotatable bonds is 2. The molecule has 6 aromatic rings. The zero-order valence-corrected chi connectivity index (χ0v) is 23.1. The van der Waals surface area contributed by atoms with E-state index < -0.39 is 18.3 Å². The molecule has 0 amide bonds. The highest BCUT2D eigenvalue weighted by molar-refractivity contribution is 6.69. The number of para-hydroxylation sites is 1. The van der Waals surface area contributed by atoms with Crippen LogP contribution in [0.25, 0.3) is 54.6 Å². The summed E-state index contributed by atoms with van der Waals surface area (Å²) in [4.78, 5) is 0. The lowest BCUT2D eigenvalue weighted by Crippen LogP contribution is -2.41. The minimum absolute atomic E-state index is 0.426. The van der Waals surface area contributed by atoms with Gasteiger partial charge in [-0.1, -0.05) is 84.9 Å². The van der Waals surface area contributed by atoms with Crippen molar-refractivity contribution < 1.29 is 14.0 Å². The van der Waals surface area contributed by atoms with Crippen LogP contribution in [0.3, 0.4) is 0 Å². The minimum atomic E-state index is -0.463. The van der Waals surface area contributed by atoms with Crippen molar-refractivity contribution in [2.24, 2.45) is 0 Å². The van der Waals surface area contributed by atoms with E-state index in [4.69, 9.17) is 14.0 Å². The number of hydrogen-bond donors (Lipinski definition) is 0. The second-order valence-electron chi connectivity index (χ2n) is 11.9. The molecule has 40 heavy (non-hydrogen) atoms. The van der Waals surface area contributed by atoms with Gasteiger partial charge in [-0.3, -0.25) is 0 Å². The lowest BCUT2D eigenvalue weighted by Gasteiger charge is -2.32. The molecule has 0 N–H and O–H groups in total. The lowest BCUT2D eigenvalue weighted by molar-refractivity contribution is 0.00578. The summed E-state index contributed by atoms with van der Waals surface area (Å²) in [6.45, 7) is 8.45. The van der Waals surface area contributed by atoms with Gasteiger partial charge in [0.1, 0.15) is 11.5 Å². The van der Waals surface area contributed by atoms with Crippen molar-refractivity contribution in [1.29, 1.82) is 0 Å². The van der Waals surface area contributed by atoms with Crippen LogP contribution in [-0.4, -0.2) is 18.3 Å². The van der Waals surface area contributed by atoms with Crippen molar-refractivity contribution in [1.82, 2.24) is 0 Å². The summed E-state index contributed by atoms with van der Waals surface area (Å²) in [5, 5.41) is 7.01. The van der Waals surface area contributed by atoms with E-state index in [1.165, 1.54) is 32.8 Å². The van der Waals surface area contributed by atoms with Gasteiger partial charge in [0, 0.05) is 10.9 Å². The highest BCUT2D eigenvalue weighted by Gasteiger charge is 2.52. The summed E-state index contributed by atoms with van der Waals surface area (Å²) in [6.07, 6.45) is 0. The topological polar surface area (TPSA) is 27.7 Å². The first-order valence-electron chi connectivity index (χ1n) is 14.0. The maximum atomic E-state index is 6.63. The minimum Gasteiger partial charge on any atom is -0.456 e. The largest absolute Gasteiger partial charge is 0.496 e. The predicted molar refractivity (Wildman–Crippen MR) is 166 cm³/mol. The average Bonchev–Trinajstić information content (AvgIpc) is 3.18. The zero-order chi connectivity index (χ0) is 27.2. The van der Waals surface area contributed by atoms with Crippen molar-refractivity contribution in [2.45, 2.75) is 38.9 Å². The molecular formula is C36H29BO3. The molecule has 1 saturated heterocycles. The third kappa shape index (κ3) is 3.21. The molecule has 0 radical (unpaired) electrons. The van der Waals surface area contributed by atoms with Crippen LogP contribution in [0.2, 0.25) is 0 Å². The molecule has 6 aromatic carbocycles. The molecule has 0 aliphatic carbocycles. The van der Waals surface area contributed by atoms with Gasteiger partial charge in [0.2, 0.25) is 0 Å². The van der Waals surface area contributed by atoms with Crippen LogP contribution in [0.5, 0.6) is 11.5 Å². The maximum Gasteiger partial charge on any atom is 0.496 e. The van der Waals surface area contributed by atoms with Crippen LogP contribution in [-0.2, 0) is 9.31 Å². The van der Waals surface area contributed by atoms with Crippen LogP contribution in [0.1, 0.15) is 27.7 Å². The molecule has 0 unspecified atom stereocenters. The second-order valence-corrected chi connectivity index (χ2v) is 11.9. The molecular weight excluding hydrogens is 491 g/mol. The summed E-state index contributed by atoms with van der Waals surface area (Å²) in [6, 6.07) is 36.6. The SMILES string of the molecule is CC1(C)OB(c2c3ccccc3c(-c3ccc4c5c(cccc35)-c3ccccc3O4)c3ccccc23)OC1(C)C. The number of fused-ring (bicyclic) bond motifs is 4. The van der Waals surface area contributed by atoms with E-state index in [0.29, 0.717) is 0 Å². The van der Waals surface area contributed by atoms with E-state index in [0.717, 1.165) is 38.7 Å². The standard InChI is InChI=1S/C36H29BO3/c1-35(2)36(3,4)40-37(39-35)34-28-15-7-5-13-25(28)32(26-14-6-8-16-29(26)34)27-20-21-31-33-23(17-11-18-24(27)33)22-12-9-10-19-30(22)38-31/h5-21H,1-4H3. The van der Waals surface area contributed by atoms with Crippen molar-refractivity contribution in [3.05, 3.63) is 103 Å². The lowest BCUT2D eigenvalue weighted by atomic mass is 9.71. The molecule has 3 nitrogen and oxygen atoms in total. The Morgan fingerprint density at radius 2 is 1.02 bits per heavy atom. The fraction of sp³-hybridized carbons (Fsp3) is 0.167. The van der Waals surface area contributed by atoms with E-state index in [1.807, 2.05) is 12.1 Å². The molecule has 2 aliphatic rings. The van der Waals surface area contributed by atoms with E-state index in [1.54, 1.807) is 0 Å². The van der Waals surface area contributed by atoms with Crippen molar-refractivity contribution in [3.8, 4) is 33.8 Å². The first kappa shape index (κ1) is 23.7. The van der Waals surface area contributed by atoms with Gasteiger partial charge < -0.3 is 14.0 Å². The smallest absolute Gasteiger partial charge is 0.456 e. The summed E-state index contributed by atoms with van der Waals surface area (Å²) < 4.78 is 19.7. The zero-order valence-electron chi connectivity index (χ0n) is 23.1. The van der Waals surface area contributed by atoms with Gasteiger partial charge in [-0.05, 0) is 95.0 Å². The van der Waals surface area contributed by atoms with Gasteiger partial charge in [-0.25, -0.2) is 0 Å². The Bertz CT molecular complexity index is 1930. The average molecular weight is 520 g/mol. The number of ether oxygens (including phenoxy) is 1. The predicted octanol–water partition coefficient (Wildman–Crippen LogP) is 8.89. The molecule has 8 rings (SSSR count). The van der Waals surface area contributed by atoms with Crippen LogP contribution in [0.15, 0.2) is 103 Å². The van der Waals surface area contributed by atoms with Crippen molar-refractivity contribution >= 4 is 44.9 Å². The normalized spacial score (nSPS) is 16.9. The fourth-order valence-electron chi connectivity index (χ4n) is 6.47. The van der Waals surface area contributed by atoms with Gasteiger partial charge in [0.15, 0.2) is 0 Å². The fourth-order valence-corrected chi connectivity index (χ4v) is 6.47. The molecule has 0 saturated carbocycles. The number of hydrogen-bond acceptors (Lipinski definition) is 3. The quantitative estimate of drug-likeness (QED) is 0.168. The Hall–Kier alpha value is -4.12. The monoisotopic (exact) mass is 520 g/mol. The van der Waals surface area contributed by atoms with Gasteiger partial charge >= 0.3 is 7.12 Å². The summed E-state index contributed by atoms with van der Waals surface area (Å²) in [5.41, 5.74) is 4.98. The van der Waals surface area contributed by atoms with E-state index >= 15 is 0 Å². The molecule has 0 bridgehead atoms. The molecule has 0 aromatic heterocycles. The highest BCUT2D eigenvalue weighted by atomic mass is 16.7. The van der Waals surface area contributed by atoms with Crippen LogP contribution >= 0.6 is 0 Å². The first-order valence-corrected chi connectivity index (χ1v) is 14.0. The molecule has 0 spiro atoms. The molecule has 2 aliphatic heterocycles. The first-order chi connectivity index (χ1) is 19.3. The molecule has 1 fully saturated rings. The van der Waals surface area contributed by atoms with E-state index in [9.17, 15) is 0 Å².